The molecule has 1 unspecified atom stereocenters. The Morgan fingerprint density at radius 3 is 2.57 bits per heavy atom. The molecule has 2 aromatic rings. The van der Waals surface area contributed by atoms with Crippen LogP contribution in [-0.2, 0) is 11.3 Å². The first-order valence-corrected chi connectivity index (χ1v) is 9.23. The Morgan fingerprint density at radius 1 is 1.07 bits per heavy atom. The zero-order chi connectivity index (χ0) is 19.5. The van der Waals surface area contributed by atoms with E-state index in [1.807, 2.05) is 24.3 Å². The Hall–Kier alpha value is -3.13. The minimum Gasteiger partial charge on any atom is -0.485 e. The van der Waals surface area contributed by atoms with Gasteiger partial charge >= 0.3 is 0 Å². The standard InChI is InChI=1S/C20H21N3O5/c24-20(19-14-27-17-6-1-2-7-18(17)28-19)22-10-8-21(9-11-22)13-15-4-3-5-16(12-15)23(25)26/h1-7,12,19H,8-11,13-14H2. The number of carbonyl (C=O) groups is 1. The number of amides is 1. The van der Waals surface area contributed by atoms with Crippen LogP contribution in [0.2, 0.25) is 0 Å². The summed E-state index contributed by atoms with van der Waals surface area (Å²) in [6, 6.07) is 14.0. The number of nitro benzene ring substituents is 1. The lowest BCUT2D eigenvalue weighted by atomic mass is 10.1. The van der Waals surface area contributed by atoms with E-state index in [2.05, 4.69) is 4.90 Å². The van der Waals surface area contributed by atoms with Gasteiger partial charge in [0.05, 0.1) is 4.92 Å². The molecule has 1 atom stereocenters. The molecule has 0 N–H and O–H groups in total. The van der Waals surface area contributed by atoms with Crippen LogP contribution in [0.1, 0.15) is 5.56 Å². The maximum Gasteiger partial charge on any atom is 0.269 e. The van der Waals surface area contributed by atoms with Gasteiger partial charge in [-0.1, -0.05) is 24.3 Å². The maximum absolute atomic E-state index is 12.8. The minimum atomic E-state index is -0.627. The van der Waals surface area contributed by atoms with Gasteiger partial charge in [0.1, 0.15) is 6.61 Å². The number of hydrogen-bond acceptors (Lipinski definition) is 6. The molecule has 146 valence electrons. The number of ether oxygens (including phenoxy) is 2. The Kier molecular flexibility index (Phi) is 5.12. The molecule has 8 heteroatoms. The number of hydrogen-bond donors (Lipinski definition) is 0. The molecular weight excluding hydrogens is 362 g/mol. The number of nitro groups is 1. The highest BCUT2D eigenvalue weighted by atomic mass is 16.6. The molecule has 2 heterocycles. The monoisotopic (exact) mass is 383 g/mol. The summed E-state index contributed by atoms with van der Waals surface area (Å²) in [5.74, 6) is 1.19. The van der Waals surface area contributed by atoms with E-state index >= 15 is 0 Å². The molecule has 0 radical (unpaired) electrons. The van der Waals surface area contributed by atoms with Gasteiger partial charge in [-0.2, -0.15) is 0 Å². The first-order chi connectivity index (χ1) is 13.6. The highest BCUT2D eigenvalue weighted by Crippen LogP contribution is 2.31. The van der Waals surface area contributed by atoms with Crippen LogP contribution in [0, 0.1) is 10.1 Å². The van der Waals surface area contributed by atoms with Crippen LogP contribution in [-0.4, -0.2) is 59.5 Å². The number of piperazine rings is 1. The average molecular weight is 383 g/mol. The van der Waals surface area contributed by atoms with Gasteiger partial charge < -0.3 is 14.4 Å². The van der Waals surface area contributed by atoms with Crippen molar-refractivity contribution in [3.05, 3.63) is 64.2 Å². The fraction of sp³-hybridized carbons (Fsp3) is 0.350. The van der Waals surface area contributed by atoms with E-state index in [0.717, 1.165) is 5.56 Å². The molecule has 1 saturated heterocycles. The van der Waals surface area contributed by atoms with Crippen molar-refractivity contribution in [3.8, 4) is 11.5 Å². The Balaban J connectivity index is 1.31. The fourth-order valence-electron chi connectivity index (χ4n) is 3.50. The van der Waals surface area contributed by atoms with Gasteiger partial charge in [-0.3, -0.25) is 19.8 Å². The van der Waals surface area contributed by atoms with Crippen molar-refractivity contribution in [1.29, 1.82) is 0 Å². The predicted molar refractivity (Wildman–Crippen MR) is 101 cm³/mol. The van der Waals surface area contributed by atoms with Crippen LogP contribution in [0.15, 0.2) is 48.5 Å². The van der Waals surface area contributed by atoms with E-state index in [4.69, 9.17) is 9.47 Å². The molecule has 1 fully saturated rings. The van der Waals surface area contributed by atoms with Gasteiger partial charge in [-0.25, -0.2) is 0 Å². The lowest BCUT2D eigenvalue weighted by Crippen LogP contribution is -2.53. The maximum atomic E-state index is 12.8. The molecule has 0 bridgehead atoms. The van der Waals surface area contributed by atoms with Crippen LogP contribution in [0.5, 0.6) is 11.5 Å². The topological polar surface area (TPSA) is 85.2 Å². The molecule has 28 heavy (non-hydrogen) atoms. The molecule has 0 spiro atoms. The third-order valence-corrected chi connectivity index (χ3v) is 5.00. The van der Waals surface area contributed by atoms with Gasteiger partial charge in [0.25, 0.3) is 11.6 Å². The first-order valence-electron chi connectivity index (χ1n) is 9.23. The van der Waals surface area contributed by atoms with Crippen molar-refractivity contribution in [2.45, 2.75) is 12.6 Å². The van der Waals surface area contributed by atoms with Gasteiger partial charge in [0.2, 0.25) is 6.10 Å². The summed E-state index contributed by atoms with van der Waals surface area (Å²) >= 11 is 0. The van der Waals surface area contributed by atoms with E-state index < -0.39 is 6.10 Å². The summed E-state index contributed by atoms with van der Waals surface area (Å²) in [7, 11) is 0. The van der Waals surface area contributed by atoms with Crippen LogP contribution in [0.4, 0.5) is 5.69 Å². The smallest absolute Gasteiger partial charge is 0.269 e. The van der Waals surface area contributed by atoms with E-state index in [1.54, 1.807) is 23.1 Å². The summed E-state index contributed by atoms with van der Waals surface area (Å²) in [4.78, 5) is 27.3. The Morgan fingerprint density at radius 2 is 1.82 bits per heavy atom. The number of nitrogens with zero attached hydrogens (tertiary/aromatic N) is 3. The van der Waals surface area contributed by atoms with Crippen LogP contribution < -0.4 is 9.47 Å². The molecule has 1 amide bonds. The van der Waals surface area contributed by atoms with Gasteiger partial charge in [0.15, 0.2) is 11.5 Å². The van der Waals surface area contributed by atoms with Crippen molar-refractivity contribution in [3.63, 3.8) is 0 Å². The number of benzene rings is 2. The van der Waals surface area contributed by atoms with Crippen LogP contribution in [0.25, 0.3) is 0 Å². The minimum absolute atomic E-state index is 0.0653. The summed E-state index contributed by atoms with van der Waals surface area (Å²) in [6.45, 7) is 3.44. The predicted octanol–water partition coefficient (Wildman–Crippen LogP) is 2.08. The average Bonchev–Trinajstić information content (AvgIpc) is 2.73. The molecular formula is C20H21N3O5. The van der Waals surface area contributed by atoms with Gasteiger partial charge in [-0.15, -0.1) is 0 Å². The third-order valence-electron chi connectivity index (χ3n) is 5.00. The highest BCUT2D eigenvalue weighted by Gasteiger charge is 2.32. The van der Waals surface area contributed by atoms with Crippen molar-refractivity contribution < 1.29 is 19.2 Å². The second kappa shape index (κ2) is 7.85. The zero-order valence-corrected chi connectivity index (χ0v) is 15.3. The van der Waals surface area contributed by atoms with Crippen LogP contribution in [0.3, 0.4) is 0 Å². The molecule has 2 aromatic carbocycles. The first kappa shape index (κ1) is 18.2. The number of rotatable bonds is 4. The van der Waals surface area contributed by atoms with E-state index in [9.17, 15) is 14.9 Å². The lowest BCUT2D eigenvalue weighted by molar-refractivity contribution is -0.384. The van der Waals surface area contributed by atoms with Crippen LogP contribution >= 0.6 is 0 Å². The van der Waals surface area contributed by atoms with Crippen molar-refractivity contribution in [1.82, 2.24) is 9.80 Å². The van der Waals surface area contributed by atoms with Crippen molar-refractivity contribution in [2.75, 3.05) is 32.8 Å². The Labute approximate surface area is 162 Å². The summed E-state index contributed by atoms with van der Waals surface area (Å²) in [5, 5.41) is 10.9. The van der Waals surface area contributed by atoms with Crippen molar-refractivity contribution >= 4 is 11.6 Å². The second-order valence-corrected chi connectivity index (χ2v) is 6.89. The molecule has 0 aromatic heterocycles. The van der Waals surface area contributed by atoms with E-state index in [-0.39, 0.29) is 23.1 Å². The van der Waals surface area contributed by atoms with E-state index in [0.29, 0.717) is 44.2 Å². The largest absolute Gasteiger partial charge is 0.485 e. The molecule has 8 nitrogen and oxygen atoms in total. The SMILES string of the molecule is O=C(C1COc2ccccc2O1)N1CCN(Cc2cccc([N+](=O)[O-])c2)CC1. The van der Waals surface area contributed by atoms with E-state index in [1.165, 1.54) is 6.07 Å². The normalized spacial score (nSPS) is 19.3. The molecule has 2 aliphatic rings. The van der Waals surface area contributed by atoms with Gasteiger partial charge in [-0.05, 0) is 17.7 Å². The Bertz CT molecular complexity index is 880. The molecule has 4 rings (SSSR count). The summed E-state index contributed by atoms with van der Waals surface area (Å²) < 4.78 is 11.5. The fourth-order valence-corrected chi connectivity index (χ4v) is 3.50. The van der Waals surface area contributed by atoms with Gasteiger partial charge in [0, 0.05) is 44.9 Å². The highest BCUT2D eigenvalue weighted by molar-refractivity contribution is 5.82. The summed E-state index contributed by atoms with van der Waals surface area (Å²) in [6.07, 6.45) is -0.627. The zero-order valence-electron chi connectivity index (χ0n) is 15.3. The third kappa shape index (κ3) is 3.91. The molecule has 0 saturated carbocycles. The lowest BCUT2D eigenvalue weighted by Gasteiger charge is -2.37. The quantitative estimate of drug-likeness (QED) is 0.594. The summed E-state index contributed by atoms with van der Waals surface area (Å²) in [5.41, 5.74) is 0.996. The number of fused-ring (bicyclic) bond motifs is 1. The number of para-hydroxylation sites is 2. The number of non-ortho nitro benzene ring substituents is 1. The number of carbonyl (C=O) groups excluding carboxylic acids is 1. The second-order valence-electron chi connectivity index (χ2n) is 6.89. The molecule has 2 aliphatic heterocycles. The van der Waals surface area contributed by atoms with Crippen molar-refractivity contribution in [2.24, 2.45) is 0 Å². The molecule has 0 aliphatic carbocycles.